The van der Waals surface area contributed by atoms with Gasteiger partial charge < -0.3 is 33.7 Å². The van der Waals surface area contributed by atoms with E-state index < -0.39 is 0 Å². The Bertz CT molecular complexity index is 3810. The summed E-state index contributed by atoms with van der Waals surface area (Å²) in [6, 6.07) is 25.4. The van der Waals surface area contributed by atoms with Crippen molar-refractivity contribution >= 4 is 38.6 Å². The molecule has 0 bridgehead atoms. The number of imidazole rings is 3. The van der Waals surface area contributed by atoms with E-state index in [4.69, 9.17) is 29.8 Å². The summed E-state index contributed by atoms with van der Waals surface area (Å²) >= 11 is 0. The predicted molar refractivity (Wildman–Crippen MR) is 271 cm³/mol. The third-order valence-corrected chi connectivity index (χ3v) is 13.8. The molecule has 0 spiro atoms. The Labute approximate surface area is 402 Å². The van der Waals surface area contributed by atoms with Crippen molar-refractivity contribution in [3.05, 3.63) is 156 Å². The fraction of sp³-hybridized carbons (Fsp3) is 0.222. The molecule has 9 aromatic heterocycles. The van der Waals surface area contributed by atoms with Crippen LogP contribution in [0.5, 0.6) is 5.75 Å². The number of aryl methyl sites for hydroxylation is 3. The lowest BCUT2D eigenvalue weighted by Gasteiger charge is -2.23. The Morgan fingerprint density at radius 2 is 1.54 bits per heavy atom. The number of ether oxygens (including phenoxy) is 1. The van der Waals surface area contributed by atoms with Crippen molar-refractivity contribution in [2.75, 3.05) is 19.6 Å². The zero-order chi connectivity index (χ0) is 46.9. The van der Waals surface area contributed by atoms with Crippen LogP contribution in [0.3, 0.4) is 0 Å². The molecule has 16 nitrogen and oxygen atoms in total. The van der Waals surface area contributed by atoms with E-state index in [1.165, 1.54) is 5.56 Å². The number of nitrogens with zero attached hydrogens (tertiary/aromatic N) is 11. The number of benzene rings is 2. The van der Waals surface area contributed by atoms with Crippen molar-refractivity contribution in [3.63, 3.8) is 0 Å². The summed E-state index contributed by atoms with van der Waals surface area (Å²) in [7, 11) is 2.02. The van der Waals surface area contributed by atoms with Crippen LogP contribution in [0.25, 0.3) is 78.2 Å². The molecule has 0 amide bonds. The molecule has 11 aromatic rings. The summed E-state index contributed by atoms with van der Waals surface area (Å²) in [5, 5.41) is 13.8. The summed E-state index contributed by atoms with van der Waals surface area (Å²) in [6.07, 6.45) is 17.9. The van der Waals surface area contributed by atoms with Gasteiger partial charge >= 0.3 is 0 Å². The van der Waals surface area contributed by atoms with Gasteiger partial charge in [-0.15, -0.1) is 0 Å². The van der Waals surface area contributed by atoms with Crippen molar-refractivity contribution in [3.8, 4) is 51.2 Å². The summed E-state index contributed by atoms with van der Waals surface area (Å²) in [4.78, 5) is 41.7. The molecule has 0 radical (unpaired) electrons. The third-order valence-electron chi connectivity index (χ3n) is 13.8. The monoisotopic (exact) mass is 923 g/mol. The molecule has 0 atom stereocenters. The number of piperidine rings is 1. The molecule has 1 fully saturated rings. The number of hydrogen-bond donors (Lipinski definition) is 4. The molecule has 2 aromatic carbocycles. The average molecular weight is 924 g/mol. The highest BCUT2D eigenvalue weighted by Crippen LogP contribution is 2.35. The fourth-order valence-electron chi connectivity index (χ4n) is 10.1. The molecule has 0 saturated carbocycles. The standard InChI is InChI=1S/C54H49N15O/c1-31-27-68(29-59-31)47-10-4-9-43-40(47)23-46(62-43)53-54-51(65-66-53)34(21-44(64-54)49-26-58-32(2)67(49)3)19-36-28-69(30-60-36)48-11-5-8-42-39(48)22-45(61-42)52-50-33(7-6-16-57-52)12-13-41(63-50)35-20-38(25-56-24-35)70-37-14-17-55-18-15-37/h4-5,8-13,20-30,37,55,61-62H,6-7,14-19H2,1-3H3,(H,65,66). The maximum atomic E-state index is 6.36. The van der Waals surface area contributed by atoms with Crippen molar-refractivity contribution in [1.82, 2.24) is 69.1 Å². The second-order valence-corrected chi connectivity index (χ2v) is 18.4. The largest absolute Gasteiger partial charge is 0.489 e. The Morgan fingerprint density at radius 3 is 2.33 bits per heavy atom. The summed E-state index contributed by atoms with van der Waals surface area (Å²) in [6.45, 7) is 6.64. The summed E-state index contributed by atoms with van der Waals surface area (Å²) in [5.74, 6) is 1.67. The molecule has 0 aliphatic carbocycles. The average Bonchev–Trinajstić information content (AvgIpc) is 4.26. The van der Waals surface area contributed by atoms with Crippen LogP contribution in [0, 0.1) is 13.8 Å². The first kappa shape index (κ1) is 41.7. The minimum Gasteiger partial charge on any atom is -0.489 e. The van der Waals surface area contributed by atoms with Crippen molar-refractivity contribution < 1.29 is 4.74 Å². The van der Waals surface area contributed by atoms with E-state index in [0.717, 1.165) is 163 Å². The van der Waals surface area contributed by atoms with Gasteiger partial charge in [0.05, 0.1) is 82.0 Å². The molecule has 13 rings (SSSR count). The number of nitrogens with one attached hydrogen (secondary N) is 4. The third kappa shape index (κ3) is 7.43. The smallest absolute Gasteiger partial charge is 0.138 e. The number of pyridine rings is 3. The van der Waals surface area contributed by atoms with Gasteiger partial charge in [-0.05, 0) is 118 Å². The molecular weight excluding hydrogens is 875 g/mol. The lowest BCUT2D eigenvalue weighted by molar-refractivity contribution is 0.162. The van der Waals surface area contributed by atoms with Crippen molar-refractivity contribution in [2.24, 2.45) is 12.0 Å². The number of aromatic nitrogens is 13. The quantitative estimate of drug-likeness (QED) is 0.104. The van der Waals surface area contributed by atoms with E-state index in [-0.39, 0.29) is 6.10 Å². The maximum Gasteiger partial charge on any atom is 0.138 e. The number of rotatable bonds is 10. The van der Waals surface area contributed by atoms with Crippen LogP contribution in [0.2, 0.25) is 0 Å². The number of fused-ring (bicyclic) bond motifs is 4. The summed E-state index contributed by atoms with van der Waals surface area (Å²) < 4.78 is 12.6. The molecular formula is C54H49N15O. The van der Waals surface area contributed by atoms with Crippen LogP contribution < -0.4 is 10.1 Å². The molecule has 4 N–H and O–H groups in total. The number of aliphatic imine (C=N–C) groups is 1. The first-order valence-electron chi connectivity index (χ1n) is 23.9. The minimum absolute atomic E-state index is 0.183. The Morgan fingerprint density at radius 1 is 0.757 bits per heavy atom. The van der Waals surface area contributed by atoms with Crippen LogP contribution in [0.15, 0.2) is 121 Å². The Hall–Kier alpha value is -8.50. The highest BCUT2D eigenvalue weighted by Gasteiger charge is 2.23. The zero-order valence-corrected chi connectivity index (χ0v) is 39.0. The second kappa shape index (κ2) is 16.9. The van der Waals surface area contributed by atoms with Crippen LogP contribution in [-0.4, -0.2) is 95.2 Å². The van der Waals surface area contributed by atoms with Crippen molar-refractivity contribution in [1.29, 1.82) is 0 Å². The SMILES string of the molecule is Cc1cn(-c2cccc3[nH]c(-c4[nH]nc5c(Cc6cn(-c7cccc8[nH]c(C9=NCCCc%10ccc(-c%11cncc(OC%12CCNCC%12)c%11)nc%109)cc78)cn6)cc(-c6cnc(C)n6C)nc45)cc23)cn1. The predicted octanol–water partition coefficient (Wildman–Crippen LogP) is 8.94. The molecule has 16 heteroatoms. The topological polar surface area (TPSA) is 186 Å². The lowest BCUT2D eigenvalue weighted by Crippen LogP contribution is -2.34. The van der Waals surface area contributed by atoms with E-state index in [1.54, 1.807) is 6.20 Å². The molecule has 2 aliphatic rings. The van der Waals surface area contributed by atoms with Crippen molar-refractivity contribution in [2.45, 2.75) is 52.1 Å². The highest BCUT2D eigenvalue weighted by molar-refractivity contribution is 6.14. The minimum atomic E-state index is 0.183. The number of H-pyrrole nitrogens is 3. The lowest BCUT2D eigenvalue weighted by atomic mass is 10.0. The Balaban J connectivity index is 0.832. The van der Waals surface area contributed by atoms with Gasteiger partial charge in [0.2, 0.25) is 0 Å². The van der Waals surface area contributed by atoms with E-state index in [2.05, 4.69) is 128 Å². The van der Waals surface area contributed by atoms with Crippen LogP contribution in [0.1, 0.15) is 59.0 Å². The Kier molecular flexibility index (Phi) is 10.1. The normalized spacial score (nSPS) is 14.4. The number of hydrogen-bond acceptors (Lipinski definition) is 10. The van der Waals surface area contributed by atoms with E-state index in [0.29, 0.717) is 13.0 Å². The highest BCUT2D eigenvalue weighted by atomic mass is 16.5. The second-order valence-electron chi connectivity index (χ2n) is 18.4. The molecule has 2 aliphatic heterocycles. The van der Waals surface area contributed by atoms with Crippen LogP contribution in [0.4, 0.5) is 0 Å². The van der Waals surface area contributed by atoms with Gasteiger partial charge in [0.1, 0.15) is 40.1 Å². The van der Waals surface area contributed by atoms with Gasteiger partial charge in [-0.2, -0.15) is 5.10 Å². The van der Waals surface area contributed by atoms with Crippen LogP contribution >= 0.6 is 0 Å². The maximum absolute atomic E-state index is 6.36. The zero-order valence-electron chi connectivity index (χ0n) is 39.0. The molecule has 0 unspecified atom stereocenters. The first-order chi connectivity index (χ1) is 34.4. The van der Waals surface area contributed by atoms with Gasteiger partial charge in [-0.1, -0.05) is 18.2 Å². The van der Waals surface area contributed by atoms with Gasteiger partial charge in [0, 0.05) is 66.0 Å². The van der Waals surface area contributed by atoms with Gasteiger partial charge in [-0.3, -0.25) is 15.1 Å². The van der Waals surface area contributed by atoms with Gasteiger partial charge in [0.15, 0.2) is 0 Å². The molecule has 346 valence electrons. The molecule has 1 saturated heterocycles. The van der Waals surface area contributed by atoms with Gasteiger partial charge in [-0.25, -0.2) is 24.9 Å². The van der Waals surface area contributed by atoms with Crippen LogP contribution in [-0.2, 0) is 19.9 Å². The van der Waals surface area contributed by atoms with E-state index >= 15 is 0 Å². The van der Waals surface area contributed by atoms with E-state index in [1.807, 2.05) is 52.1 Å². The molecule has 70 heavy (non-hydrogen) atoms. The van der Waals surface area contributed by atoms with E-state index in [9.17, 15) is 0 Å². The summed E-state index contributed by atoms with van der Waals surface area (Å²) in [5.41, 5.74) is 17.4. The number of aromatic amines is 3. The molecule has 11 heterocycles. The first-order valence-corrected chi connectivity index (χ1v) is 23.9. The fourth-order valence-corrected chi connectivity index (χ4v) is 10.1. The van der Waals surface area contributed by atoms with Gasteiger partial charge in [0.25, 0.3) is 0 Å².